The van der Waals surface area contributed by atoms with Crippen molar-refractivity contribution in [1.82, 2.24) is 0 Å². The van der Waals surface area contributed by atoms with Crippen LogP contribution in [0.1, 0.15) is 12.8 Å². The minimum atomic E-state index is 0.624. The molecule has 0 aliphatic rings. The predicted molar refractivity (Wildman–Crippen MR) is 72.9 cm³/mol. The average Bonchev–Trinajstić information content (AvgIpc) is 1.97. The third-order valence-electron chi connectivity index (χ3n) is 1.96. The number of hydrogen-bond donors (Lipinski definition) is 0. The fourth-order valence-corrected chi connectivity index (χ4v) is 17.7. The standard InChI is InChI=1S/C4H22Si6/c5-9-7-3-1-2-4-8-10-6/h1-4,7-10H2,5-6H3. The van der Waals surface area contributed by atoms with Gasteiger partial charge in [-0.2, -0.15) is 0 Å². The molecule has 0 saturated carbocycles. The van der Waals surface area contributed by atoms with Crippen LogP contribution in [-0.2, 0) is 0 Å². The highest BCUT2D eigenvalue weighted by Gasteiger charge is 1.89. The maximum atomic E-state index is 1.74. The van der Waals surface area contributed by atoms with E-state index in [1.54, 1.807) is 44.4 Å². The fourth-order valence-electron chi connectivity index (χ4n) is 1.21. The molecule has 0 heterocycles. The zero-order chi connectivity index (χ0) is 7.66. The summed E-state index contributed by atoms with van der Waals surface area (Å²) in [5, 5.41) is 0. The van der Waals surface area contributed by atoms with E-state index >= 15 is 0 Å². The minimum absolute atomic E-state index is 0.624. The molecule has 0 aromatic heterocycles. The lowest BCUT2D eigenvalue weighted by molar-refractivity contribution is 0.879. The zero-order valence-electron chi connectivity index (χ0n) is 7.66. The van der Waals surface area contributed by atoms with Crippen molar-refractivity contribution in [2.24, 2.45) is 0 Å². The van der Waals surface area contributed by atoms with Gasteiger partial charge in [-0.25, -0.2) is 0 Å². The summed E-state index contributed by atoms with van der Waals surface area (Å²) in [6.07, 6.45) is 3.31. The minimum Gasteiger partial charge on any atom is -0.0655 e. The van der Waals surface area contributed by atoms with Crippen molar-refractivity contribution >= 4 is 54.7 Å². The van der Waals surface area contributed by atoms with Crippen LogP contribution in [0, 0.1) is 0 Å². The average molecular weight is 239 g/mol. The zero-order valence-corrected chi connectivity index (χ0v) is 17.3. The molecule has 0 aromatic carbocycles. The molecule has 0 aliphatic carbocycles. The Kier molecular flexibility index (Phi) is 11.6. The van der Waals surface area contributed by atoms with E-state index in [-0.39, 0.29) is 0 Å². The summed E-state index contributed by atoms with van der Waals surface area (Å²) in [5.74, 6) is 0. The summed E-state index contributed by atoms with van der Waals surface area (Å²) in [5.41, 5.74) is 0. The summed E-state index contributed by atoms with van der Waals surface area (Å²) < 4.78 is 0. The van der Waals surface area contributed by atoms with Gasteiger partial charge in [0.1, 0.15) is 0 Å². The summed E-state index contributed by atoms with van der Waals surface area (Å²) in [6.45, 7) is 0. The second-order valence-electron chi connectivity index (χ2n) is 3.12. The normalized spacial score (nSPS) is 15.6. The molecule has 10 heavy (non-hydrogen) atoms. The van der Waals surface area contributed by atoms with Crippen LogP contribution in [0.15, 0.2) is 0 Å². The third-order valence-corrected chi connectivity index (χ3v) is 25.3. The van der Waals surface area contributed by atoms with Crippen LogP contribution in [-0.4, -0.2) is 54.7 Å². The van der Waals surface area contributed by atoms with Crippen LogP contribution >= 0.6 is 0 Å². The van der Waals surface area contributed by atoms with Gasteiger partial charge in [-0.15, -0.1) is 0 Å². The number of unbranched alkanes of at least 4 members (excludes halogenated alkanes) is 1. The van der Waals surface area contributed by atoms with E-state index in [4.69, 9.17) is 0 Å². The van der Waals surface area contributed by atoms with E-state index in [1.165, 1.54) is 0 Å². The molecule has 0 nitrogen and oxygen atoms in total. The SMILES string of the molecule is [SiH3][SiH2][SiH2]CCCC[SiH2][SiH2][SiH3]. The third kappa shape index (κ3) is 9.30. The van der Waals surface area contributed by atoms with Gasteiger partial charge in [-0.3, -0.25) is 0 Å². The summed E-state index contributed by atoms with van der Waals surface area (Å²) >= 11 is 0. The van der Waals surface area contributed by atoms with Gasteiger partial charge in [-0.1, -0.05) is 24.9 Å². The summed E-state index contributed by atoms with van der Waals surface area (Å²) in [6, 6.07) is 3.49. The lowest BCUT2D eigenvalue weighted by Crippen LogP contribution is -2.04. The Bertz CT molecular complexity index is 49.7. The van der Waals surface area contributed by atoms with Gasteiger partial charge in [0.2, 0.25) is 0 Å². The van der Waals surface area contributed by atoms with Crippen LogP contribution in [0.4, 0.5) is 0 Å². The van der Waals surface area contributed by atoms with Gasteiger partial charge in [0.25, 0.3) is 0 Å². The first kappa shape index (κ1) is 11.3. The van der Waals surface area contributed by atoms with Crippen LogP contribution < -0.4 is 0 Å². The Morgan fingerprint density at radius 3 is 1.50 bits per heavy atom. The summed E-state index contributed by atoms with van der Waals surface area (Å²) in [4.78, 5) is 0. The highest BCUT2D eigenvalue weighted by Crippen LogP contribution is 1.97. The summed E-state index contributed by atoms with van der Waals surface area (Å²) in [7, 11) is 5.87. The van der Waals surface area contributed by atoms with E-state index in [2.05, 4.69) is 0 Å². The quantitative estimate of drug-likeness (QED) is 0.311. The predicted octanol–water partition coefficient (Wildman–Crippen LogP) is -4.33. The molecule has 0 spiro atoms. The molecule has 0 atom stereocenters. The van der Waals surface area contributed by atoms with E-state index in [1.807, 2.05) is 0 Å². The van der Waals surface area contributed by atoms with E-state index in [0.717, 1.165) is 0 Å². The molecule has 0 N–H and O–H groups in total. The Balaban J connectivity index is 2.65. The van der Waals surface area contributed by atoms with Crippen LogP contribution in [0.25, 0.3) is 0 Å². The molecule has 0 fully saturated rings. The molecule has 0 aliphatic heterocycles. The Morgan fingerprint density at radius 2 is 1.20 bits per heavy atom. The van der Waals surface area contributed by atoms with Crippen molar-refractivity contribution in [3.63, 3.8) is 0 Å². The number of hydrogen-bond acceptors (Lipinski definition) is 0. The van der Waals surface area contributed by atoms with Crippen molar-refractivity contribution in [3.05, 3.63) is 0 Å². The maximum absolute atomic E-state index is 1.74. The van der Waals surface area contributed by atoms with Crippen LogP contribution in [0.2, 0.25) is 12.1 Å². The second kappa shape index (κ2) is 10.3. The van der Waals surface area contributed by atoms with Gasteiger partial charge in [-0.05, 0) is 36.6 Å². The van der Waals surface area contributed by atoms with E-state index in [9.17, 15) is 0 Å². The molecule has 0 amide bonds. The molecule has 0 aromatic rings. The van der Waals surface area contributed by atoms with Crippen molar-refractivity contribution in [2.45, 2.75) is 24.9 Å². The molecular formula is C4H22Si6. The molecule has 0 rings (SSSR count). The first-order chi connectivity index (χ1) is 4.91. The molecular weight excluding hydrogens is 217 g/mol. The fraction of sp³-hybridized carbons (Fsp3) is 1.00. The topological polar surface area (TPSA) is 0 Å². The van der Waals surface area contributed by atoms with Gasteiger partial charge >= 0.3 is 0 Å². The maximum Gasteiger partial charge on any atom is 0.00460 e. The Morgan fingerprint density at radius 1 is 0.800 bits per heavy atom. The lowest BCUT2D eigenvalue weighted by Gasteiger charge is -1.96. The largest absolute Gasteiger partial charge is 0.0655 e. The molecule has 0 unspecified atom stereocenters. The molecule has 6 heteroatoms. The first-order valence-corrected chi connectivity index (χ1v) is 26.2. The first-order valence-electron chi connectivity index (χ1n) is 4.91. The van der Waals surface area contributed by atoms with Crippen LogP contribution in [0.3, 0.4) is 0 Å². The van der Waals surface area contributed by atoms with Crippen molar-refractivity contribution < 1.29 is 0 Å². The van der Waals surface area contributed by atoms with Gasteiger partial charge < -0.3 is 0 Å². The lowest BCUT2D eigenvalue weighted by atomic mass is 10.4. The monoisotopic (exact) mass is 238 g/mol. The molecule has 0 saturated heterocycles. The van der Waals surface area contributed by atoms with Gasteiger partial charge in [0.05, 0.1) is 0 Å². The second-order valence-corrected chi connectivity index (χ2v) is 36.2. The molecule has 62 valence electrons. The van der Waals surface area contributed by atoms with Gasteiger partial charge in [0, 0.05) is 18.1 Å². The van der Waals surface area contributed by atoms with Gasteiger partial charge in [0.15, 0.2) is 0 Å². The van der Waals surface area contributed by atoms with E-state index < -0.39 is 0 Å². The smallest absolute Gasteiger partial charge is 0.00460 e. The van der Waals surface area contributed by atoms with E-state index in [0.29, 0.717) is 35.2 Å². The molecule has 0 bridgehead atoms. The highest BCUT2D eigenvalue weighted by molar-refractivity contribution is 7.24. The Hall–Kier alpha value is 1.30. The Labute approximate surface area is 79.6 Å². The highest BCUT2D eigenvalue weighted by atomic mass is 29.5. The van der Waals surface area contributed by atoms with Crippen molar-refractivity contribution in [2.75, 3.05) is 0 Å². The van der Waals surface area contributed by atoms with Crippen LogP contribution in [0.5, 0.6) is 0 Å². The number of rotatable bonds is 7. The molecule has 0 radical (unpaired) electrons. The van der Waals surface area contributed by atoms with Crippen molar-refractivity contribution in [3.8, 4) is 0 Å². The van der Waals surface area contributed by atoms with Crippen molar-refractivity contribution in [1.29, 1.82) is 0 Å².